The highest BCUT2D eigenvalue weighted by atomic mass is 16.5. The van der Waals surface area contributed by atoms with E-state index in [1.807, 2.05) is 18.2 Å². The fraction of sp³-hybridized carbons (Fsp3) is 0.368. The Morgan fingerprint density at radius 3 is 2.29 bits per heavy atom. The van der Waals surface area contributed by atoms with Crippen molar-refractivity contribution < 1.29 is 4.74 Å². The van der Waals surface area contributed by atoms with Crippen molar-refractivity contribution in [1.82, 2.24) is 5.32 Å². The minimum absolute atomic E-state index is 0.626. The highest BCUT2D eigenvalue weighted by Gasteiger charge is 2.13. The molecular formula is C19H23NO. The lowest BCUT2D eigenvalue weighted by molar-refractivity contribution is 0.306. The molecule has 1 aliphatic rings. The van der Waals surface area contributed by atoms with E-state index in [-0.39, 0.29) is 0 Å². The fourth-order valence-electron chi connectivity index (χ4n) is 2.84. The van der Waals surface area contributed by atoms with E-state index in [4.69, 9.17) is 4.74 Å². The molecule has 0 spiro atoms. The van der Waals surface area contributed by atoms with E-state index in [1.165, 1.54) is 36.8 Å². The van der Waals surface area contributed by atoms with Gasteiger partial charge in [-0.05, 0) is 36.1 Å². The average Bonchev–Trinajstić information content (AvgIpc) is 3.06. The third-order valence-corrected chi connectivity index (χ3v) is 4.12. The van der Waals surface area contributed by atoms with Gasteiger partial charge >= 0.3 is 0 Å². The van der Waals surface area contributed by atoms with Crippen molar-refractivity contribution in [2.75, 3.05) is 0 Å². The van der Waals surface area contributed by atoms with Gasteiger partial charge in [0, 0.05) is 12.6 Å². The van der Waals surface area contributed by atoms with E-state index in [2.05, 4.69) is 41.7 Å². The van der Waals surface area contributed by atoms with Gasteiger partial charge < -0.3 is 10.1 Å². The maximum atomic E-state index is 5.80. The maximum absolute atomic E-state index is 5.80. The number of hydrogen-bond acceptors (Lipinski definition) is 2. The topological polar surface area (TPSA) is 21.3 Å². The summed E-state index contributed by atoms with van der Waals surface area (Å²) in [6, 6.07) is 19.4. The van der Waals surface area contributed by atoms with Gasteiger partial charge in [-0.15, -0.1) is 0 Å². The van der Waals surface area contributed by atoms with Crippen LogP contribution in [-0.2, 0) is 13.2 Å². The Bertz CT molecular complexity index is 529. The summed E-state index contributed by atoms with van der Waals surface area (Å²) < 4.78 is 5.80. The first-order valence-electron chi connectivity index (χ1n) is 7.89. The van der Waals surface area contributed by atoms with Gasteiger partial charge in [-0.2, -0.15) is 0 Å². The lowest BCUT2D eigenvalue weighted by atomic mass is 10.2. The van der Waals surface area contributed by atoms with Crippen LogP contribution >= 0.6 is 0 Å². The zero-order valence-corrected chi connectivity index (χ0v) is 12.4. The molecule has 110 valence electrons. The molecule has 1 aliphatic carbocycles. The summed E-state index contributed by atoms with van der Waals surface area (Å²) >= 11 is 0. The smallest absolute Gasteiger partial charge is 0.119 e. The van der Waals surface area contributed by atoms with E-state index in [1.54, 1.807) is 0 Å². The summed E-state index contributed by atoms with van der Waals surface area (Å²) in [6.07, 6.45) is 5.42. The molecule has 0 aromatic heterocycles. The summed E-state index contributed by atoms with van der Waals surface area (Å²) in [4.78, 5) is 0. The molecule has 0 radical (unpaired) electrons. The lowest BCUT2D eigenvalue weighted by Crippen LogP contribution is -2.25. The van der Waals surface area contributed by atoms with Crippen molar-refractivity contribution in [1.29, 1.82) is 0 Å². The summed E-state index contributed by atoms with van der Waals surface area (Å²) in [5.41, 5.74) is 2.53. The van der Waals surface area contributed by atoms with Gasteiger partial charge in [0.1, 0.15) is 12.4 Å². The molecule has 0 saturated heterocycles. The Morgan fingerprint density at radius 2 is 1.57 bits per heavy atom. The largest absolute Gasteiger partial charge is 0.489 e. The number of rotatable bonds is 6. The fourth-order valence-corrected chi connectivity index (χ4v) is 2.84. The molecule has 21 heavy (non-hydrogen) atoms. The first-order chi connectivity index (χ1) is 10.4. The maximum Gasteiger partial charge on any atom is 0.119 e. The van der Waals surface area contributed by atoms with Crippen LogP contribution in [0.5, 0.6) is 5.75 Å². The van der Waals surface area contributed by atoms with Crippen molar-refractivity contribution >= 4 is 0 Å². The predicted molar refractivity (Wildman–Crippen MR) is 86.3 cm³/mol. The SMILES string of the molecule is c1ccc(COc2ccc(CNC3CCCC3)cc2)cc1. The number of hydrogen-bond donors (Lipinski definition) is 1. The van der Waals surface area contributed by atoms with Crippen LogP contribution in [-0.4, -0.2) is 6.04 Å². The summed E-state index contributed by atoms with van der Waals surface area (Å²) in [6.45, 7) is 1.59. The standard InChI is InChI=1S/C19H23NO/c1-2-6-17(7-3-1)15-21-19-12-10-16(11-13-19)14-20-18-8-4-5-9-18/h1-3,6-7,10-13,18,20H,4-5,8-9,14-15H2. The molecule has 2 heteroatoms. The van der Waals surface area contributed by atoms with Gasteiger partial charge in [0.05, 0.1) is 0 Å². The van der Waals surface area contributed by atoms with Crippen molar-refractivity contribution in [2.24, 2.45) is 0 Å². The molecule has 3 rings (SSSR count). The summed E-state index contributed by atoms with van der Waals surface area (Å²) in [5, 5.41) is 3.63. The van der Waals surface area contributed by atoms with Crippen LogP contribution in [0.3, 0.4) is 0 Å². The molecule has 2 aromatic carbocycles. The van der Waals surface area contributed by atoms with Gasteiger partial charge in [0.15, 0.2) is 0 Å². The second-order valence-electron chi connectivity index (χ2n) is 5.78. The van der Waals surface area contributed by atoms with Crippen molar-refractivity contribution in [3.05, 3.63) is 65.7 Å². The molecule has 0 amide bonds. The normalized spacial score (nSPS) is 15.2. The van der Waals surface area contributed by atoms with Crippen LogP contribution in [0.15, 0.2) is 54.6 Å². The summed E-state index contributed by atoms with van der Waals surface area (Å²) in [7, 11) is 0. The Balaban J connectivity index is 1.47. The zero-order chi connectivity index (χ0) is 14.3. The predicted octanol–water partition coefficient (Wildman–Crippen LogP) is 4.30. The van der Waals surface area contributed by atoms with E-state index >= 15 is 0 Å². The molecule has 0 unspecified atom stereocenters. The Morgan fingerprint density at radius 1 is 0.857 bits per heavy atom. The van der Waals surface area contributed by atoms with Crippen molar-refractivity contribution in [3.8, 4) is 5.75 Å². The van der Waals surface area contributed by atoms with E-state index in [0.717, 1.165) is 18.3 Å². The average molecular weight is 281 g/mol. The minimum atomic E-state index is 0.626. The Labute approximate surface area is 127 Å². The van der Waals surface area contributed by atoms with Gasteiger partial charge in [-0.3, -0.25) is 0 Å². The molecule has 0 heterocycles. The van der Waals surface area contributed by atoms with Crippen LogP contribution < -0.4 is 10.1 Å². The van der Waals surface area contributed by atoms with E-state index < -0.39 is 0 Å². The van der Waals surface area contributed by atoms with Crippen LogP contribution in [0.1, 0.15) is 36.8 Å². The number of ether oxygens (including phenoxy) is 1. The van der Waals surface area contributed by atoms with Gasteiger partial charge in [0.2, 0.25) is 0 Å². The molecule has 1 N–H and O–H groups in total. The Hall–Kier alpha value is -1.80. The molecule has 0 bridgehead atoms. The van der Waals surface area contributed by atoms with Crippen LogP contribution in [0, 0.1) is 0 Å². The van der Waals surface area contributed by atoms with Gasteiger partial charge in [-0.1, -0.05) is 55.3 Å². The third kappa shape index (κ3) is 4.33. The van der Waals surface area contributed by atoms with Gasteiger partial charge in [-0.25, -0.2) is 0 Å². The first kappa shape index (κ1) is 14.2. The molecule has 1 fully saturated rings. The highest BCUT2D eigenvalue weighted by molar-refractivity contribution is 5.27. The quantitative estimate of drug-likeness (QED) is 0.852. The van der Waals surface area contributed by atoms with Gasteiger partial charge in [0.25, 0.3) is 0 Å². The van der Waals surface area contributed by atoms with E-state index in [9.17, 15) is 0 Å². The zero-order valence-electron chi connectivity index (χ0n) is 12.4. The van der Waals surface area contributed by atoms with Crippen molar-refractivity contribution in [2.45, 2.75) is 44.9 Å². The molecule has 1 saturated carbocycles. The molecule has 2 aromatic rings. The summed E-state index contributed by atoms with van der Waals surface area (Å²) in [5.74, 6) is 0.934. The van der Waals surface area contributed by atoms with Crippen LogP contribution in [0.25, 0.3) is 0 Å². The minimum Gasteiger partial charge on any atom is -0.489 e. The first-order valence-corrected chi connectivity index (χ1v) is 7.89. The number of nitrogens with one attached hydrogen (secondary N) is 1. The molecular weight excluding hydrogens is 258 g/mol. The second kappa shape index (κ2) is 7.28. The molecule has 0 aliphatic heterocycles. The molecule has 0 atom stereocenters. The lowest BCUT2D eigenvalue weighted by Gasteiger charge is -2.12. The molecule has 2 nitrogen and oxygen atoms in total. The van der Waals surface area contributed by atoms with Crippen LogP contribution in [0.2, 0.25) is 0 Å². The van der Waals surface area contributed by atoms with Crippen molar-refractivity contribution in [3.63, 3.8) is 0 Å². The highest BCUT2D eigenvalue weighted by Crippen LogP contribution is 2.19. The van der Waals surface area contributed by atoms with E-state index in [0.29, 0.717) is 6.61 Å². The monoisotopic (exact) mass is 281 g/mol. The van der Waals surface area contributed by atoms with Crippen LogP contribution in [0.4, 0.5) is 0 Å². The number of benzene rings is 2. The second-order valence-corrected chi connectivity index (χ2v) is 5.78. The third-order valence-electron chi connectivity index (χ3n) is 4.12. The Kier molecular flexibility index (Phi) is 4.90.